The molecule has 7 heteroatoms. The number of nitrogens with zero attached hydrogens (tertiary/aromatic N) is 3. The fraction of sp³-hybridized carbons (Fsp3) is 0.875. The number of hydrogen-bond acceptors (Lipinski definition) is 5. The first-order chi connectivity index (χ1) is 11.0. The highest BCUT2D eigenvalue weighted by molar-refractivity contribution is 5.78. The first-order valence-electron chi connectivity index (χ1n) is 8.56. The third kappa shape index (κ3) is 6.45. The van der Waals surface area contributed by atoms with E-state index in [1.165, 1.54) is 0 Å². The molecule has 134 valence electrons. The largest absolute Gasteiger partial charge is 0.380 e. The van der Waals surface area contributed by atoms with Gasteiger partial charge in [0.15, 0.2) is 0 Å². The lowest BCUT2D eigenvalue weighted by Crippen LogP contribution is -2.42. The molecular weight excluding hydrogens is 296 g/mol. The fourth-order valence-electron chi connectivity index (χ4n) is 2.83. The van der Waals surface area contributed by atoms with Crippen molar-refractivity contribution in [2.24, 2.45) is 5.73 Å². The van der Waals surface area contributed by atoms with E-state index in [1.807, 2.05) is 23.6 Å². The molecule has 0 radical (unpaired) electrons. The SMILES string of the molecule is CCN(CC)C(=O)CN1CCCN(C(=O)CC(CN)OC)CC1. The summed E-state index contributed by atoms with van der Waals surface area (Å²) in [5.74, 6) is 0.247. The van der Waals surface area contributed by atoms with Crippen molar-refractivity contribution in [3.05, 3.63) is 0 Å². The first-order valence-corrected chi connectivity index (χ1v) is 8.56. The molecule has 1 aliphatic heterocycles. The molecule has 1 rings (SSSR count). The lowest BCUT2D eigenvalue weighted by atomic mass is 10.2. The van der Waals surface area contributed by atoms with Crippen molar-refractivity contribution >= 4 is 11.8 Å². The van der Waals surface area contributed by atoms with E-state index in [1.54, 1.807) is 7.11 Å². The van der Waals surface area contributed by atoms with Crippen LogP contribution in [0.1, 0.15) is 26.7 Å². The third-order valence-corrected chi connectivity index (χ3v) is 4.41. The zero-order valence-corrected chi connectivity index (χ0v) is 14.8. The van der Waals surface area contributed by atoms with E-state index in [0.29, 0.717) is 26.1 Å². The van der Waals surface area contributed by atoms with E-state index in [4.69, 9.17) is 10.5 Å². The highest BCUT2D eigenvalue weighted by Gasteiger charge is 2.23. The van der Waals surface area contributed by atoms with Crippen molar-refractivity contribution in [2.45, 2.75) is 32.8 Å². The summed E-state index contributed by atoms with van der Waals surface area (Å²) in [6.07, 6.45) is 0.995. The summed E-state index contributed by atoms with van der Waals surface area (Å²) < 4.78 is 5.18. The molecule has 1 heterocycles. The standard InChI is InChI=1S/C16H32N4O3/c1-4-19(5-2)16(22)13-18-7-6-8-20(10-9-18)15(21)11-14(12-17)23-3/h14H,4-13,17H2,1-3H3. The quantitative estimate of drug-likeness (QED) is 0.665. The number of ether oxygens (including phenoxy) is 1. The van der Waals surface area contributed by atoms with Crippen molar-refractivity contribution in [3.63, 3.8) is 0 Å². The zero-order chi connectivity index (χ0) is 17.2. The van der Waals surface area contributed by atoms with Crippen molar-refractivity contribution in [1.29, 1.82) is 0 Å². The molecule has 0 aromatic rings. The number of likely N-dealkylation sites (N-methyl/N-ethyl adjacent to an activating group) is 1. The number of carbonyl (C=O) groups is 2. The molecule has 23 heavy (non-hydrogen) atoms. The van der Waals surface area contributed by atoms with Crippen LogP contribution < -0.4 is 5.73 Å². The third-order valence-electron chi connectivity index (χ3n) is 4.41. The highest BCUT2D eigenvalue weighted by Crippen LogP contribution is 2.08. The van der Waals surface area contributed by atoms with Gasteiger partial charge in [-0.2, -0.15) is 0 Å². The number of rotatable bonds is 8. The smallest absolute Gasteiger partial charge is 0.236 e. The second-order valence-corrected chi connectivity index (χ2v) is 5.87. The summed E-state index contributed by atoms with van der Waals surface area (Å²) in [7, 11) is 1.58. The van der Waals surface area contributed by atoms with Gasteiger partial charge in [0.25, 0.3) is 0 Å². The Kier molecular flexibility index (Phi) is 9.13. The van der Waals surface area contributed by atoms with Crippen LogP contribution in [-0.2, 0) is 14.3 Å². The van der Waals surface area contributed by atoms with Crippen LogP contribution in [0, 0.1) is 0 Å². The Labute approximate surface area is 139 Å². The monoisotopic (exact) mass is 328 g/mol. The number of carbonyl (C=O) groups excluding carboxylic acids is 2. The summed E-state index contributed by atoms with van der Waals surface area (Å²) >= 11 is 0. The maximum atomic E-state index is 12.3. The van der Waals surface area contributed by atoms with Gasteiger partial charge in [0, 0.05) is 52.9 Å². The molecule has 1 aliphatic rings. The number of amides is 2. The Morgan fingerprint density at radius 1 is 1.17 bits per heavy atom. The predicted molar refractivity (Wildman–Crippen MR) is 90.0 cm³/mol. The van der Waals surface area contributed by atoms with Crippen molar-refractivity contribution in [2.75, 3.05) is 59.5 Å². The van der Waals surface area contributed by atoms with Crippen LogP contribution in [0.5, 0.6) is 0 Å². The lowest BCUT2D eigenvalue weighted by Gasteiger charge is -2.25. The van der Waals surface area contributed by atoms with Crippen LogP contribution in [0.4, 0.5) is 0 Å². The molecule has 1 saturated heterocycles. The summed E-state index contributed by atoms with van der Waals surface area (Å²) in [4.78, 5) is 30.4. The van der Waals surface area contributed by atoms with Crippen LogP contribution in [-0.4, -0.2) is 92.1 Å². The van der Waals surface area contributed by atoms with Gasteiger partial charge in [-0.05, 0) is 20.3 Å². The Balaban J connectivity index is 2.47. The molecule has 2 amide bonds. The summed E-state index contributed by atoms with van der Waals surface area (Å²) in [5.41, 5.74) is 5.58. The Bertz CT molecular complexity index is 370. The molecule has 7 nitrogen and oxygen atoms in total. The Morgan fingerprint density at radius 2 is 1.87 bits per heavy atom. The van der Waals surface area contributed by atoms with Crippen LogP contribution in [0.15, 0.2) is 0 Å². The molecule has 0 bridgehead atoms. The van der Waals surface area contributed by atoms with E-state index in [0.717, 1.165) is 39.1 Å². The lowest BCUT2D eigenvalue weighted by molar-refractivity contribution is -0.133. The summed E-state index contributed by atoms with van der Waals surface area (Å²) in [5, 5.41) is 0. The highest BCUT2D eigenvalue weighted by atomic mass is 16.5. The van der Waals surface area contributed by atoms with Gasteiger partial charge in [-0.25, -0.2) is 0 Å². The van der Waals surface area contributed by atoms with Gasteiger partial charge in [0.05, 0.1) is 19.1 Å². The average Bonchev–Trinajstić information content (AvgIpc) is 2.79. The molecule has 1 unspecified atom stereocenters. The van der Waals surface area contributed by atoms with Crippen LogP contribution in [0.25, 0.3) is 0 Å². The van der Waals surface area contributed by atoms with Gasteiger partial charge >= 0.3 is 0 Å². The summed E-state index contributed by atoms with van der Waals surface area (Å²) in [6, 6.07) is 0. The minimum absolute atomic E-state index is 0.0826. The van der Waals surface area contributed by atoms with E-state index in [2.05, 4.69) is 4.90 Å². The Morgan fingerprint density at radius 3 is 2.43 bits per heavy atom. The maximum absolute atomic E-state index is 12.3. The van der Waals surface area contributed by atoms with Crippen LogP contribution >= 0.6 is 0 Å². The number of hydrogen-bond donors (Lipinski definition) is 1. The molecular formula is C16H32N4O3. The topological polar surface area (TPSA) is 79.1 Å². The molecule has 2 N–H and O–H groups in total. The van der Waals surface area contributed by atoms with Crippen molar-refractivity contribution in [3.8, 4) is 0 Å². The molecule has 1 atom stereocenters. The van der Waals surface area contributed by atoms with E-state index >= 15 is 0 Å². The molecule has 0 aromatic heterocycles. The molecule has 1 fully saturated rings. The minimum atomic E-state index is -0.217. The molecule has 0 saturated carbocycles. The molecule has 0 aliphatic carbocycles. The first kappa shape index (κ1) is 19.9. The normalized spacial score (nSPS) is 17.7. The van der Waals surface area contributed by atoms with E-state index < -0.39 is 0 Å². The zero-order valence-electron chi connectivity index (χ0n) is 14.8. The van der Waals surface area contributed by atoms with Gasteiger partial charge in [-0.15, -0.1) is 0 Å². The van der Waals surface area contributed by atoms with Gasteiger partial charge in [0.1, 0.15) is 0 Å². The van der Waals surface area contributed by atoms with Gasteiger partial charge in [-0.1, -0.05) is 0 Å². The van der Waals surface area contributed by atoms with Gasteiger partial charge in [-0.3, -0.25) is 14.5 Å². The van der Waals surface area contributed by atoms with Crippen molar-refractivity contribution in [1.82, 2.24) is 14.7 Å². The minimum Gasteiger partial charge on any atom is -0.380 e. The van der Waals surface area contributed by atoms with Gasteiger partial charge < -0.3 is 20.3 Å². The average molecular weight is 328 g/mol. The van der Waals surface area contributed by atoms with E-state index in [-0.39, 0.29) is 17.9 Å². The second-order valence-electron chi connectivity index (χ2n) is 5.87. The predicted octanol–water partition coefficient (Wildman–Crippen LogP) is -0.247. The molecule has 0 spiro atoms. The number of nitrogens with two attached hydrogens (primary N) is 1. The summed E-state index contributed by atoms with van der Waals surface area (Å²) in [6.45, 7) is 9.23. The fourth-order valence-corrected chi connectivity index (χ4v) is 2.83. The van der Waals surface area contributed by atoms with E-state index in [9.17, 15) is 9.59 Å². The second kappa shape index (κ2) is 10.6. The van der Waals surface area contributed by atoms with Crippen molar-refractivity contribution < 1.29 is 14.3 Å². The van der Waals surface area contributed by atoms with Gasteiger partial charge in [0.2, 0.25) is 11.8 Å². The number of methoxy groups -OCH3 is 1. The molecule has 0 aromatic carbocycles. The Hall–Kier alpha value is -1.18. The van der Waals surface area contributed by atoms with Crippen LogP contribution in [0.2, 0.25) is 0 Å². The van der Waals surface area contributed by atoms with Crippen LogP contribution in [0.3, 0.4) is 0 Å². The maximum Gasteiger partial charge on any atom is 0.236 e.